The Balaban J connectivity index is 1.64. The molecule has 33 heavy (non-hydrogen) atoms. The molecule has 11 heteroatoms. The first-order chi connectivity index (χ1) is 15.9. The zero-order valence-corrected chi connectivity index (χ0v) is 19.1. The minimum Gasteiger partial charge on any atom is -0.388 e. The number of rotatable bonds is 7. The quantitative estimate of drug-likeness (QED) is 0.318. The Hall–Kier alpha value is -3.56. The first kappa shape index (κ1) is 22.6. The molecule has 0 aliphatic rings. The highest BCUT2D eigenvalue weighted by Crippen LogP contribution is 2.30. The number of aromatic amines is 1. The maximum absolute atomic E-state index is 12.7. The number of H-pyrrole nitrogens is 1. The fourth-order valence-electron chi connectivity index (χ4n) is 3.19. The van der Waals surface area contributed by atoms with Crippen molar-refractivity contribution in [1.29, 1.82) is 0 Å². The van der Waals surface area contributed by atoms with Gasteiger partial charge in [0.2, 0.25) is 5.89 Å². The zero-order valence-electron chi connectivity index (χ0n) is 17.6. The first-order valence-electron chi connectivity index (χ1n) is 10.2. The number of benzene rings is 2. The maximum atomic E-state index is 12.7. The number of carbonyl (C=O) groups excluding carboxylic acids is 1. The Morgan fingerprint density at radius 2 is 1.97 bits per heavy atom. The molecule has 4 rings (SSSR count). The highest BCUT2D eigenvalue weighted by molar-refractivity contribution is 6.44. The molecule has 0 bridgehead atoms. The van der Waals surface area contributed by atoms with Crippen molar-refractivity contribution in [2.24, 2.45) is 0 Å². The van der Waals surface area contributed by atoms with Crippen molar-refractivity contribution >= 4 is 40.7 Å². The summed E-state index contributed by atoms with van der Waals surface area (Å²) in [6, 6.07) is 13.4. The number of hydrogen-bond acceptors (Lipinski definition) is 5. The predicted octanol–water partition coefficient (Wildman–Crippen LogP) is 5.51. The van der Waals surface area contributed by atoms with Crippen LogP contribution in [0.15, 0.2) is 57.7 Å². The number of halogens is 2. The summed E-state index contributed by atoms with van der Waals surface area (Å²) in [5.41, 5.74) is 2.44. The molecule has 0 unspecified atom stereocenters. The van der Waals surface area contributed by atoms with Gasteiger partial charge in [-0.25, -0.2) is 19.4 Å². The van der Waals surface area contributed by atoms with Crippen molar-refractivity contribution in [1.82, 2.24) is 20.0 Å². The van der Waals surface area contributed by atoms with Crippen LogP contribution in [0.1, 0.15) is 25.5 Å². The summed E-state index contributed by atoms with van der Waals surface area (Å²) in [6.45, 7) is 2.10. The lowest BCUT2D eigenvalue weighted by Gasteiger charge is -2.12. The molecule has 2 aromatic heterocycles. The van der Waals surface area contributed by atoms with Crippen LogP contribution in [0.25, 0.3) is 17.1 Å². The number of nitrogens with zero attached hydrogens (tertiary/aromatic N) is 3. The molecule has 0 aliphatic carbocycles. The molecule has 0 aliphatic heterocycles. The molecule has 3 N–H and O–H groups in total. The van der Waals surface area contributed by atoms with Crippen molar-refractivity contribution in [2.45, 2.75) is 26.2 Å². The van der Waals surface area contributed by atoms with E-state index in [2.05, 4.69) is 32.9 Å². The van der Waals surface area contributed by atoms with Crippen LogP contribution in [0.4, 0.5) is 16.3 Å². The molecule has 2 heterocycles. The summed E-state index contributed by atoms with van der Waals surface area (Å²) >= 11 is 12.2. The average molecular weight is 487 g/mol. The van der Waals surface area contributed by atoms with Crippen molar-refractivity contribution in [3.63, 3.8) is 0 Å². The van der Waals surface area contributed by atoms with Gasteiger partial charge in [0.15, 0.2) is 0 Å². The Morgan fingerprint density at radius 3 is 2.73 bits per heavy atom. The molecule has 0 radical (unpaired) electrons. The standard InChI is InChI=1S/C22H20Cl2N6O3/c1-2-3-7-14-12-18(26-21(31)25-17-10-5-9-16(23)19(17)24)30(29-14)15-8-4-6-13(11-15)20-27-28-22(32)33-20/h4-6,8-12H,2-3,7H2,1H3,(H,28,32)(H2,25,26,31). The number of unbranched alkanes of at least 4 members (excludes halogenated alkanes) is 1. The summed E-state index contributed by atoms with van der Waals surface area (Å²) < 4.78 is 6.66. The van der Waals surface area contributed by atoms with Gasteiger partial charge in [-0.2, -0.15) is 5.10 Å². The normalized spacial score (nSPS) is 10.9. The number of anilines is 2. The van der Waals surface area contributed by atoms with Crippen molar-refractivity contribution in [2.75, 3.05) is 10.6 Å². The second-order valence-electron chi connectivity index (χ2n) is 7.19. The second kappa shape index (κ2) is 9.93. The summed E-state index contributed by atoms with van der Waals surface area (Å²) in [5, 5.41) is 16.9. The summed E-state index contributed by atoms with van der Waals surface area (Å²) in [4.78, 5) is 24.0. The van der Waals surface area contributed by atoms with Crippen molar-refractivity contribution in [3.8, 4) is 17.1 Å². The fraction of sp³-hybridized carbons (Fsp3) is 0.182. The van der Waals surface area contributed by atoms with Gasteiger partial charge in [0, 0.05) is 11.6 Å². The van der Waals surface area contributed by atoms with Crippen LogP contribution in [0.3, 0.4) is 0 Å². The molecular formula is C22H20Cl2N6O3. The van der Waals surface area contributed by atoms with Gasteiger partial charge >= 0.3 is 11.8 Å². The van der Waals surface area contributed by atoms with E-state index < -0.39 is 11.8 Å². The average Bonchev–Trinajstić information content (AvgIpc) is 3.41. The molecule has 2 amide bonds. The Bertz CT molecular complexity index is 1340. The Kier molecular flexibility index (Phi) is 6.81. The van der Waals surface area contributed by atoms with Gasteiger partial charge in [-0.15, -0.1) is 5.10 Å². The van der Waals surface area contributed by atoms with Gasteiger partial charge in [-0.3, -0.25) is 5.32 Å². The zero-order chi connectivity index (χ0) is 23.4. The number of nitrogens with one attached hydrogen (secondary N) is 3. The minimum atomic E-state index is -0.643. The van der Waals surface area contributed by atoms with Crippen LogP contribution in [-0.4, -0.2) is 26.0 Å². The van der Waals surface area contributed by atoms with E-state index >= 15 is 0 Å². The van der Waals surface area contributed by atoms with Crippen LogP contribution in [-0.2, 0) is 6.42 Å². The number of hydrogen-bond donors (Lipinski definition) is 3. The molecule has 0 atom stereocenters. The lowest BCUT2D eigenvalue weighted by atomic mass is 10.2. The van der Waals surface area contributed by atoms with E-state index in [4.69, 9.17) is 27.6 Å². The molecule has 170 valence electrons. The van der Waals surface area contributed by atoms with Gasteiger partial charge in [0.25, 0.3) is 0 Å². The lowest BCUT2D eigenvalue weighted by molar-refractivity contribution is 0.262. The SMILES string of the molecule is CCCCc1cc(NC(=O)Nc2cccc(Cl)c2Cl)n(-c2cccc(-c3n[nH]c(=O)o3)c2)n1. The molecule has 0 spiro atoms. The third-order valence-corrected chi connectivity index (χ3v) is 5.58. The predicted molar refractivity (Wildman–Crippen MR) is 127 cm³/mol. The minimum absolute atomic E-state index is 0.156. The van der Waals surface area contributed by atoms with Crippen molar-refractivity contribution < 1.29 is 9.21 Å². The highest BCUT2D eigenvalue weighted by atomic mass is 35.5. The van der Waals surface area contributed by atoms with Crippen LogP contribution in [0, 0.1) is 0 Å². The summed E-state index contributed by atoms with van der Waals surface area (Å²) in [7, 11) is 0. The number of carbonyl (C=O) groups is 1. The van der Waals surface area contributed by atoms with E-state index in [-0.39, 0.29) is 10.9 Å². The van der Waals surface area contributed by atoms with E-state index in [1.807, 2.05) is 12.1 Å². The maximum Gasteiger partial charge on any atom is 0.434 e. The lowest BCUT2D eigenvalue weighted by Crippen LogP contribution is -2.21. The van der Waals surface area contributed by atoms with E-state index in [1.54, 1.807) is 41.1 Å². The van der Waals surface area contributed by atoms with E-state index in [9.17, 15) is 9.59 Å². The Labute approximate surface area is 198 Å². The molecule has 4 aromatic rings. The summed E-state index contributed by atoms with van der Waals surface area (Å²) in [6.07, 6.45) is 2.73. The fourth-order valence-corrected chi connectivity index (χ4v) is 3.54. The first-order valence-corrected chi connectivity index (χ1v) is 11.0. The molecular weight excluding hydrogens is 467 g/mol. The van der Waals surface area contributed by atoms with Crippen molar-refractivity contribution in [3.05, 3.63) is 74.8 Å². The molecule has 9 nitrogen and oxygen atoms in total. The van der Waals surface area contributed by atoms with Crippen LogP contribution < -0.4 is 16.4 Å². The number of urea groups is 1. The largest absolute Gasteiger partial charge is 0.434 e. The Morgan fingerprint density at radius 1 is 1.15 bits per heavy atom. The molecule has 0 fully saturated rings. The van der Waals surface area contributed by atoms with Gasteiger partial charge < -0.3 is 9.73 Å². The summed E-state index contributed by atoms with van der Waals surface area (Å²) in [5.74, 6) is -0.0319. The smallest absolute Gasteiger partial charge is 0.388 e. The van der Waals surface area contributed by atoms with Gasteiger partial charge in [0.1, 0.15) is 5.82 Å². The second-order valence-corrected chi connectivity index (χ2v) is 7.97. The third kappa shape index (κ3) is 5.27. The molecule has 0 saturated carbocycles. The highest BCUT2D eigenvalue weighted by Gasteiger charge is 2.15. The van der Waals surface area contributed by atoms with Gasteiger partial charge in [-0.05, 0) is 43.2 Å². The number of aryl methyl sites for hydroxylation is 1. The molecule has 2 aromatic carbocycles. The van der Waals surface area contributed by atoms with Crippen LogP contribution in [0.5, 0.6) is 0 Å². The topological polar surface area (TPSA) is 118 Å². The third-order valence-electron chi connectivity index (χ3n) is 4.76. The van der Waals surface area contributed by atoms with Crippen LogP contribution >= 0.6 is 23.2 Å². The van der Waals surface area contributed by atoms with Crippen LogP contribution in [0.2, 0.25) is 10.0 Å². The van der Waals surface area contributed by atoms with E-state index in [0.29, 0.717) is 27.8 Å². The van der Waals surface area contributed by atoms with E-state index in [1.165, 1.54) is 0 Å². The number of aromatic nitrogens is 4. The van der Waals surface area contributed by atoms with Gasteiger partial charge in [0.05, 0.1) is 27.1 Å². The monoisotopic (exact) mass is 486 g/mol. The van der Waals surface area contributed by atoms with E-state index in [0.717, 1.165) is 25.0 Å². The van der Waals surface area contributed by atoms with Gasteiger partial charge in [-0.1, -0.05) is 48.7 Å². The molecule has 0 saturated heterocycles. The number of amides is 2.